The number of amides is 1. The van der Waals surface area contributed by atoms with Crippen LogP contribution in [0, 0.1) is 20.8 Å². The van der Waals surface area contributed by atoms with Crippen molar-refractivity contribution in [1.82, 2.24) is 9.88 Å². The van der Waals surface area contributed by atoms with Gasteiger partial charge in [0.05, 0.1) is 31.4 Å². The summed E-state index contributed by atoms with van der Waals surface area (Å²) < 4.78 is 12.1. The predicted octanol–water partition coefficient (Wildman–Crippen LogP) is 4.53. The van der Waals surface area contributed by atoms with Gasteiger partial charge in [-0.3, -0.25) is 14.6 Å². The smallest absolute Gasteiger partial charge is 0.233 e. The normalized spacial score (nSPS) is 14.5. The second kappa shape index (κ2) is 10.6. The standard InChI is InChI=1S/C26H33N3O3S/c1-18-6-7-19(2)21(16-18)17-23(30)29(11-5-10-28-12-14-32-15-13-28)26-27-24-22(31-4)9-8-20(3)25(24)33-26/h6-9,16H,5,10-15,17H2,1-4H3. The Labute approximate surface area is 200 Å². The molecule has 0 atom stereocenters. The fourth-order valence-electron chi connectivity index (χ4n) is 4.23. The average molecular weight is 468 g/mol. The van der Waals surface area contributed by atoms with Gasteiger partial charge in [0, 0.05) is 26.2 Å². The van der Waals surface area contributed by atoms with E-state index in [-0.39, 0.29) is 5.91 Å². The molecule has 0 unspecified atom stereocenters. The lowest BCUT2D eigenvalue weighted by Crippen LogP contribution is -2.39. The minimum absolute atomic E-state index is 0.0846. The number of methoxy groups -OCH3 is 1. The highest BCUT2D eigenvalue weighted by Crippen LogP contribution is 2.36. The highest BCUT2D eigenvalue weighted by molar-refractivity contribution is 7.22. The molecular weight excluding hydrogens is 434 g/mol. The molecule has 176 valence electrons. The van der Waals surface area contributed by atoms with Crippen molar-refractivity contribution < 1.29 is 14.3 Å². The number of aromatic nitrogens is 1. The first-order valence-electron chi connectivity index (χ1n) is 11.6. The van der Waals surface area contributed by atoms with Crippen LogP contribution in [0.2, 0.25) is 0 Å². The third kappa shape index (κ3) is 5.54. The SMILES string of the molecule is COc1ccc(C)c2sc(N(CCCN3CCOCC3)C(=O)Cc3cc(C)ccc3C)nc12. The molecule has 4 rings (SSSR count). The van der Waals surface area contributed by atoms with Gasteiger partial charge in [-0.15, -0.1) is 0 Å². The molecule has 2 heterocycles. The van der Waals surface area contributed by atoms with Crippen LogP contribution in [0.3, 0.4) is 0 Å². The van der Waals surface area contributed by atoms with Crippen LogP contribution in [-0.4, -0.2) is 62.3 Å². The van der Waals surface area contributed by atoms with Crippen molar-refractivity contribution >= 4 is 32.6 Å². The number of hydrogen-bond acceptors (Lipinski definition) is 6. The highest BCUT2D eigenvalue weighted by Gasteiger charge is 2.23. The first kappa shape index (κ1) is 23.7. The summed E-state index contributed by atoms with van der Waals surface area (Å²) in [7, 11) is 1.66. The van der Waals surface area contributed by atoms with E-state index in [4.69, 9.17) is 14.5 Å². The largest absolute Gasteiger partial charge is 0.494 e. The molecular formula is C26H33N3O3S. The Balaban J connectivity index is 1.60. The molecule has 1 amide bonds. The van der Waals surface area contributed by atoms with Crippen molar-refractivity contribution in [1.29, 1.82) is 0 Å². The zero-order valence-electron chi connectivity index (χ0n) is 20.0. The van der Waals surface area contributed by atoms with Crippen LogP contribution in [0.15, 0.2) is 30.3 Å². The molecule has 3 aromatic rings. The van der Waals surface area contributed by atoms with E-state index in [0.717, 1.165) is 77.1 Å². The maximum atomic E-state index is 13.6. The van der Waals surface area contributed by atoms with E-state index in [1.54, 1.807) is 18.4 Å². The number of carbonyl (C=O) groups is 1. The van der Waals surface area contributed by atoms with Crippen molar-refractivity contribution in [2.75, 3.05) is 51.4 Å². The van der Waals surface area contributed by atoms with Gasteiger partial charge in [0.2, 0.25) is 5.91 Å². The molecule has 0 saturated carbocycles. The van der Waals surface area contributed by atoms with E-state index >= 15 is 0 Å². The summed E-state index contributed by atoms with van der Waals surface area (Å²) >= 11 is 1.57. The van der Waals surface area contributed by atoms with Crippen molar-refractivity contribution in [3.8, 4) is 5.75 Å². The van der Waals surface area contributed by atoms with Crippen LogP contribution in [0.25, 0.3) is 10.2 Å². The molecule has 7 heteroatoms. The Kier molecular flexibility index (Phi) is 7.63. The first-order chi connectivity index (χ1) is 16.0. The molecule has 6 nitrogen and oxygen atoms in total. The minimum atomic E-state index is 0.0846. The van der Waals surface area contributed by atoms with E-state index in [9.17, 15) is 4.79 Å². The first-order valence-corrected chi connectivity index (χ1v) is 12.4. The quantitative estimate of drug-likeness (QED) is 0.487. The lowest BCUT2D eigenvalue weighted by molar-refractivity contribution is -0.118. The average Bonchev–Trinajstić information content (AvgIpc) is 3.26. The monoisotopic (exact) mass is 467 g/mol. The third-order valence-corrected chi connectivity index (χ3v) is 7.46. The Bertz CT molecular complexity index is 1120. The van der Waals surface area contributed by atoms with Gasteiger partial charge in [-0.1, -0.05) is 41.2 Å². The van der Waals surface area contributed by atoms with Gasteiger partial charge >= 0.3 is 0 Å². The van der Waals surface area contributed by atoms with Crippen molar-refractivity contribution in [3.63, 3.8) is 0 Å². The fraction of sp³-hybridized carbons (Fsp3) is 0.462. The summed E-state index contributed by atoms with van der Waals surface area (Å²) in [5, 5.41) is 0.745. The molecule has 0 bridgehead atoms. The fourth-order valence-corrected chi connectivity index (χ4v) is 5.33. The number of morpholine rings is 1. The number of thiazole rings is 1. The number of hydrogen-bond donors (Lipinski definition) is 0. The molecule has 0 N–H and O–H groups in total. The van der Waals surface area contributed by atoms with E-state index < -0.39 is 0 Å². The molecule has 0 radical (unpaired) electrons. The molecule has 0 spiro atoms. The van der Waals surface area contributed by atoms with Crippen LogP contribution in [-0.2, 0) is 16.0 Å². The van der Waals surface area contributed by atoms with Crippen LogP contribution >= 0.6 is 11.3 Å². The lowest BCUT2D eigenvalue weighted by atomic mass is 10.0. The maximum absolute atomic E-state index is 13.6. The number of fused-ring (bicyclic) bond motifs is 1. The summed E-state index contributed by atoms with van der Waals surface area (Å²) in [5.41, 5.74) is 5.36. The maximum Gasteiger partial charge on any atom is 0.233 e. The van der Waals surface area contributed by atoms with Gasteiger partial charge in [0.1, 0.15) is 11.3 Å². The molecule has 1 aliphatic rings. The molecule has 1 aliphatic heterocycles. The molecule has 1 saturated heterocycles. The zero-order chi connectivity index (χ0) is 23.4. The summed E-state index contributed by atoms with van der Waals surface area (Å²) in [4.78, 5) is 22.8. The molecule has 2 aromatic carbocycles. The lowest BCUT2D eigenvalue weighted by Gasteiger charge is -2.28. The molecule has 1 fully saturated rings. The number of nitrogens with zero attached hydrogens (tertiary/aromatic N) is 3. The van der Waals surface area contributed by atoms with Gasteiger partial charge in [-0.05, 0) is 49.9 Å². The van der Waals surface area contributed by atoms with E-state index in [0.29, 0.717) is 13.0 Å². The van der Waals surface area contributed by atoms with Crippen molar-refractivity contribution in [2.45, 2.75) is 33.6 Å². The minimum Gasteiger partial charge on any atom is -0.494 e. The van der Waals surface area contributed by atoms with Gasteiger partial charge in [-0.2, -0.15) is 0 Å². The Morgan fingerprint density at radius 1 is 1.15 bits per heavy atom. The predicted molar refractivity (Wildman–Crippen MR) is 135 cm³/mol. The van der Waals surface area contributed by atoms with Gasteiger partial charge < -0.3 is 9.47 Å². The zero-order valence-corrected chi connectivity index (χ0v) is 20.8. The highest BCUT2D eigenvalue weighted by atomic mass is 32.1. The summed E-state index contributed by atoms with van der Waals surface area (Å²) in [6, 6.07) is 10.3. The second-order valence-corrected chi connectivity index (χ2v) is 9.70. The van der Waals surface area contributed by atoms with Crippen LogP contribution in [0.1, 0.15) is 28.7 Å². The second-order valence-electron chi connectivity index (χ2n) is 8.72. The van der Waals surface area contributed by atoms with E-state index in [1.807, 2.05) is 17.0 Å². The van der Waals surface area contributed by atoms with Gasteiger partial charge in [-0.25, -0.2) is 4.98 Å². The number of anilines is 1. The van der Waals surface area contributed by atoms with Crippen LogP contribution in [0.4, 0.5) is 5.13 Å². The molecule has 1 aromatic heterocycles. The number of benzene rings is 2. The Morgan fingerprint density at radius 3 is 2.67 bits per heavy atom. The summed E-state index contributed by atoms with van der Waals surface area (Å²) in [6.07, 6.45) is 1.27. The van der Waals surface area contributed by atoms with E-state index in [1.165, 1.54) is 5.56 Å². The number of ether oxygens (including phenoxy) is 2. The van der Waals surface area contributed by atoms with Crippen LogP contribution in [0.5, 0.6) is 5.75 Å². The molecule has 33 heavy (non-hydrogen) atoms. The molecule has 0 aliphatic carbocycles. The van der Waals surface area contributed by atoms with Gasteiger partial charge in [0.15, 0.2) is 5.13 Å². The summed E-state index contributed by atoms with van der Waals surface area (Å²) in [5.74, 6) is 0.828. The Morgan fingerprint density at radius 2 is 1.91 bits per heavy atom. The topological polar surface area (TPSA) is 54.9 Å². The number of aryl methyl sites for hydroxylation is 3. The number of rotatable bonds is 8. The van der Waals surface area contributed by atoms with E-state index in [2.05, 4.69) is 43.9 Å². The van der Waals surface area contributed by atoms with Crippen LogP contribution < -0.4 is 9.64 Å². The number of carbonyl (C=O) groups excluding carboxylic acids is 1. The van der Waals surface area contributed by atoms with Crippen molar-refractivity contribution in [2.24, 2.45) is 0 Å². The van der Waals surface area contributed by atoms with Crippen molar-refractivity contribution in [3.05, 3.63) is 52.6 Å². The van der Waals surface area contributed by atoms with Gasteiger partial charge in [0.25, 0.3) is 0 Å². The Hall–Kier alpha value is -2.48. The third-order valence-electron chi connectivity index (χ3n) is 6.25. The summed E-state index contributed by atoms with van der Waals surface area (Å²) in [6.45, 7) is 11.3.